The molecule has 0 aliphatic carbocycles. The molecule has 23 heavy (non-hydrogen) atoms. The number of ether oxygens (including phenoxy) is 1. The summed E-state index contributed by atoms with van der Waals surface area (Å²) in [7, 11) is 0. The SMILES string of the molecule is CCCCCCn1cc(CN2C(=O)COc3ccccc32)nn1. The molecule has 3 rings (SSSR count). The monoisotopic (exact) mass is 314 g/mol. The smallest absolute Gasteiger partial charge is 0.265 e. The Balaban J connectivity index is 1.65. The summed E-state index contributed by atoms with van der Waals surface area (Å²) in [6.45, 7) is 3.57. The average molecular weight is 314 g/mol. The van der Waals surface area contributed by atoms with E-state index in [1.165, 1.54) is 19.3 Å². The average Bonchev–Trinajstić information content (AvgIpc) is 3.02. The Morgan fingerprint density at radius 1 is 1.22 bits per heavy atom. The van der Waals surface area contributed by atoms with Gasteiger partial charge in [0.2, 0.25) is 0 Å². The number of anilines is 1. The van der Waals surface area contributed by atoms with Crippen LogP contribution in [0.5, 0.6) is 5.75 Å². The number of para-hydroxylation sites is 2. The molecule has 122 valence electrons. The summed E-state index contributed by atoms with van der Waals surface area (Å²) >= 11 is 0. The second-order valence-corrected chi connectivity index (χ2v) is 5.77. The second-order valence-electron chi connectivity index (χ2n) is 5.77. The van der Waals surface area contributed by atoms with Crippen LogP contribution in [0.25, 0.3) is 0 Å². The number of rotatable bonds is 7. The van der Waals surface area contributed by atoms with Gasteiger partial charge in [0, 0.05) is 6.54 Å². The summed E-state index contributed by atoms with van der Waals surface area (Å²) in [5.41, 5.74) is 1.59. The highest BCUT2D eigenvalue weighted by molar-refractivity contribution is 5.97. The molecule has 0 saturated heterocycles. The Hall–Kier alpha value is -2.37. The molecular weight excluding hydrogens is 292 g/mol. The normalized spacial score (nSPS) is 13.8. The van der Waals surface area contributed by atoms with Crippen molar-refractivity contribution >= 4 is 11.6 Å². The standard InChI is InChI=1S/C17H22N4O2/c1-2-3-4-7-10-20-11-14(18-19-20)12-21-15-8-5-6-9-16(15)23-13-17(21)22/h5-6,8-9,11H,2-4,7,10,12-13H2,1H3. The molecule has 1 aromatic heterocycles. The predicted octanol–water partition coefficient (Wildman–Crippen LogP) is 2.78. The molecular formula is C17H22N4O2. The van der Waals surface area contributed by atoms with E-state index in [4.69, 9.17) is 4.74 Å². The number of fused-ring (bicyclic) bond motifs is 1. The lowest BCUT2D eigenvalue weighted by Crippen LogP contribution is -2.38. The minimum absolute atomic E-state index is 0.0544. The third-order valence-corrected chi connectivity index (χ3v) is 3.96. The molecule has 0 N–H and O–H groups in total. The van der Waals surface area contributed by atoms with Crippen LogP contribution >= 0.6 is 0 Å². The van der Waals surface area contributed by atoms with Gasteiger partial charge >= 0.3 is 0 Å². The highest BCUT2D eigenvalue weighted by Crippen LogP contribution is 2.32. The first-order valence-corrected chi connectivity index (χ1v) is 8.19. The van der Waals surface area contributed by atoms with Crippen molar-refractivity contribution in [1.82, 2.24) is 15.0 Å². The zero-order valence-corrected chi connectivity index (χ0v) is 13.4. The highest BCUT2D eigenvalue weighted by Gasteiger charge is 2.25. The van der Waals surface area contributed by atoms with E-state index in [9.17, 15) is 4.79 Å². The minimum atomic E-state index is -0.0544. The summed E-state index contributed by atoms with van der Waals surface area (Å²) in [6.07, 6.45) is 6.72. The lowest BCUT2D eigenvalue weighted by molar-refractivity contribution is -0.121. The van der Waals surface area contributed by atoms with E-state index in [0.29, 0.717) is 6.54 Å². The minimum Gasteiger partial charge on any atom is -0.482 e. The molecule has 2 aromatic rings. The van der Waals surface area contributed by atoms with E-state index >= 15 is 0 Å². The van der Waals surface area contributed by atoms with Crippen LogP contribution in [0, 0.1) is 0 Å². The van der Waals surface area contributed by atoms with Crippen LogP contribution in [0.4, 0.5) is 5.69 Å². The van der Waals surface area contributed by atoms with Gasteiger partial charge in [-0.25, -0.2) is 0 Å². The van der Waals surface area contributed by atoms with Gasteiger partial charge in [-0.2, -0.15) is 0 Å². The van der Waals surface area contributed by atoms with Crippen molar-refractivity contribution in [2.45, 2.75) is 45.7 Å². The van der Waals surface area contributed by atoms with Crippen molar-refractivity contribution in [3.8, 4) is 5.75 Å². The summed E-state index contributed by atoms with van der Waals surface area (Å²) in [5, 5.41) is 8.35. The summed E-state index contributed by atoms with van der Waals surface area (Å²) < 4.78 is 7.32. The van der Waals surface area contributed by atoms with Gasteiger partial charge in [0.1, 0.15) is 11.4 Å². The van der Waals surface area contributed by atoms with Crippen LogP contribution in [-0.2, 0) is 17.9 Å². The molecule has 1 amide bonds. The molecule has 2 heterocycles. The molecule has 0 radical (unpaired) electrons. The lowest BCUT2D eigenvalue weighted by atomic mass is 10.2. The molecule has 1 aromatic carbocycles. The Morgan fingerprint density at radius 3 is 2.96 bits per heavy atom. The van der Waals surface area contributed by atoms with Gasteiger partial charge in [0.25, 0.3) is 5.91 Å². The van der Waals surface area contributed by atoms with Crippen LogP contribution in [0.3, 0.4) is 0 Å². The largest absolute Gasteiger partial charge is 0.482 e. The summed E-state index contributed by atoms with van der Waals surface area (Å²) in [4.78, 5) is 13.9. The lowest BCUT2D eigenvalue weighted by Gasteiger charge is -2.28. The van der Waals surface area contributed by atoms with Gasteiger partial charge < -0.3 is 4.74 Å². The van der Waals surface area contributed by atoms with Gasteiger partial charge in [0.15, 0.2) is 6.61 Å². The fourth-order valence-electron chi connectivity index (χ4n) is 2.71. The summed E-state index contributed by atoms with van der Waals surface area (Å²) in [6, 6.07) is 7.57. The number of aryl methyl sites for hydroxylation is 1. The van der Waals surface area contributed by atoms with Crippen molar-refractivity contribution in [2.75, 3.05) is 11.5 Å². The highest BCUT2D eigenvalue weighted by atomic mass is 16.5. The molecule has 0 fully saturated rings. The zero-order valence-electron chi connectivity index (χ0n) is 13.4. The first-order chi connectivity index (χ1) is 11.3. The summed E-state index contributed by atoms with van der Waals surface area (Å²) in [5.74, 6) is 0.681. The number of unbranched alkanes of at least 4 members (excludes halogenated alkanes) is 3. The Bertz CT molecular complexity index is 668. The number of benzene rings is 1. The number of carbonyl (C=O) groups is 1. The van der Waals surface area contributed by atoms with Gasteiger partial charge in [-0.15, -0.1) is 5.10 Å². The molecule has 0 bridgehead atoms. The number of amides is 1. The molecule has 0 spiro atoms. The van der Waals surface area contributed by atoms with Gasteiger partial charge in [-0.05, 0) is 18.6 Å². The van der Waals surface area contributed by atoms with Crippen molar-refractivity contribution in [2.24, 2.45) is 0 Å². The van der Waals surface area contributed by atoms with Gasteiger partial charge in [-0.3, -0.25) is 14.4 Å². The number of aromatic nitrogens is 3. The number of hydrogen-bond acceptors (Lipinski definition) is 4. The molecule has 6 heteroatoms. The van der Waals surface area contributed by atoms with Crippen LogP contribution < -0.4 is 9.64 Å². The number of hydrogen-bond donors (Lipinski definition) is 0. The second kappa shape index (κ2) is 7.26. The van der Waals surface area contributed by atoms with E-state index in [2.05, 4.69) is 17.2 Å². The van der Waals surface area contributed by atoms with E-state index in [0.717, 1.165) is 30.1 Å². The molecule has 0 unspecified atom stereocenters. The van der Waals surface area contributed by atoms with E-state index < -0.39 is 0 Å². The predicted molar refractivity (Wildman–Crippen MR) is 87.3 cm³/mol. The molecule has 0 atom stereocenters. The Morgan fingerprint density at radius 2 is 2.09 bits per heavy atom. The van der Waals surface area contributed by atoms with Crippen LogP contribution in [0.15, 0.2) is 30.5 Å². The molecule has 0 saturated carbocycles. The van der Waals surface area contributed by atoms with Crippen molar-refractivity contribution in [1.29, 1.82) is 0 Å². The fourth-order valence-corrected chi connectivity index (χ4v) is 2.71. The van der Waals surface area contributed by atoms with E-state index in [1.807, 2.05) is 35.1 Å². The number of carbonyl (C=O) groups excluding carboxylic acids is 1. The molecule has 1 aliphatic rings. The van der Waals surface area contributed by atoms with Crippen molar-refractivity contribution in [3.63, 3.8) is 0 Å². The first kappa shape index (κ1) is 15.5. The van der Waals surface area contributed by atoms with Gasteiger partial charge in [-0.1, -0.05) is 43.5 Å². The Labute approximate surface area is 136 Å². The van der Waals surface area contributed by atoms with Crippen LogP contribution in [0.2, 0.25) is 0 Å². The maximum atomic E-state index is 12.2. The third kappa shape index (κ3) is 3.70. The van der Waals surface area contributed by atoms with Crippen molar-refractivity contribution < 1.29 is 9.53 Å². The third-order valence-electron chi connectivity index (χ3n) is 3.96. The van der Waals surface area contributed by atoms with Gasteiger partial charge in [0.05, 0.1) is 18.4 Å². The van der Waals surface area contributed by atoms with Crippen molar-refractivity contribution in [3.05, 3.63) is 36.2 Å². The van der Waals surface area contributed by atoms with Crippen LogP contribution in [0.1, 0.15) is 38.3 Å². The molecule has 1 aliphatic heterocycles. The van der Waals surface area contributed by atoms with E-state index in [-0.39, 0.29) is 12.5 Å². The fraction of sp³-hybridized carbons (Fsp3) is 0.471. The van der Waals surface area contributed by atoms with Crippen LogP contribution in [-0.4, -0.2) is 27.5 Å². The zero-order chi connectivity index (χ0) is 16.1. The first-order valence-electron chi connectivity index (χ1n) is 8.19. The quantitative estimate of drug-likeness (QED) is 0.737. The van der Waals surface area contributed by atoms with E-state index in [1.54, 1.807) is 4.90 Å². The Kier molecular flexibility index (Phi) is 4.90. The maximum absolute atomic E-state index is 12.2. The molecule has 6 nitrogen and oxygen atoms in total. The topological polar surface area (TPSA) is 60.2 Å². The number of nitrogens with zero attached hydrogens (tertiary/aromatic N) is 4. The maximum Gasteiger partial charge on any atom is 0.265 e.